The topological polar surface area (TPSA) is 24.7 Å². The number of hydrogen-bond acceptors (Lipinski definition) is 2. The Balaban J connectivity index is 0.000000379. The summed E-state index contributed by atoms with van der Waals surface area (Å²) < 4.78 is 0. The zero-order chi connectivity index (χ0) is 10.8. The van der Waals surface area contributed by atoms with E-state index < -0.39 is 0 Å². The quantitative estimate of drug-likeness (QED) is 0.563. The summed E-state index contributed by atoms with van der Waals surface area (Å²) in [5, 5.41) is 0. The summed E-state index contributed by atoms with van der Waals surface area (Å²) in [6.07, 6.45) is 9.86. The smallest absolute Gasteiger partial charge is 0.110 e. The summed E-state index contributed by atoms with van der Waals surface area (Å²) in [6, 6.07) is 0. The summed E-state index contributed by atoms with van der Waals surface area (Å²) in [5.41, 5.74) is 1.14. The van der Waals surface area contributed by atoms with Crippen molar-refractivity contribution >= 4 is 12.1 Å². The van der Waals surface area contributed by atoms with E-state index in [0.717, 1.165) is 12.3 Å². The van der Waals surface area contributed by atoms with Crippen LogP contribution in [0.15, 0.2) is 34.3 Å². The summed E-state index contributed by atoms with van der Waals surface area (Å²) in [4.78, 5) is 8.20. The molecule has 2 rings (SSSR count). The van der Waals surface area contributed by atoms with Gasteiger partial charge in [0.05, 0.1) is 12.3 Å². The highest BCUT2D eigenvalue weighted by molar-refractivity contribution is 6.04. The van der Waals surface area contributed by atoms with Gasteiger partial charge in [-0.3, -0.25) is 4.99 Å². The molecule has 1 aliphatic heterocycles. The molecule has 0 saturated carbocycles. The number of rotatable bonds is 0. The number of fused-ring (bicyclic) bond motifs is 1. The predicted molar refractivity (Wildman–Crippen MR) is 65.3 cm³/mol. The van der Waals surface area contributed by atoms with E-state index >= 15 is 0 Å². The minimum absolute atomic E-state index is 0.440. The van der Waals surface area contributed by atoms with Crippen LogP contribution in [-0.4, -0.2) is 18.6 Å². The molecular formula is C12H20N2. The normalized spacial score (nSPS) is 20.9. The van der Waals surface area contributed by atoms with Gasteiger partial charge in [0.1, 0.15) is 6.34 Å². The fraction of sp³-hybridized carbons (Fsp3) is 0.500. The molecule has 2 heteroatoms. The molecule has 0 spiro atoms. The van der Waals surface area contributed by atoms with Crippen LogP contribution in [0.5, 0.6) is 0 Å². The summed E-state index contributed by atoms with van der Waals surface area (Å²) in [5.74, 6) is 0.440. The fourth-order valence-electron chi connectivity index (χ4n) is 1.14. The van der Waals surface area contributed by atoms with Crippen LogP contribution in [0.1, 0.15) is 27.7 Å². The van der Waals surface area contributed by atoms with Crippen molar-refractivity contribution in [2.24, 2.45) is 15.9 Å². The standard InChI is InChI=1S/C8H8N2.2C2H6/c1-2-4-8-7(3-1)5-9-6-10-8;2*1-2/h1-4,6-7H,5H2;2*1-2H3. The lowest BCUT2D eigenvalue weighted by Gasteiger charge is -2.14. The molecule has 0 N–H and O–H groups in total. The van der Waals surface area contributed by atoms with Crippen LogP contribution in [0.25, 0.3) is 0 Å². The summed E-state index contributed by atoms with van der Waals surface area (Å²) >= 11 is 0. The van der Waals surface area contributed by atoms with Gasteiger partial charge in [0.25, 0.3) is 0 Å². The molecule has 78 valence electrons. The predicted octanol–water partition coefficient (Wildman–Crippen LogP) is 3.26. The molecule has 0 aromatic heterocycles. The van der Waals surface area contributed by atoms with Crippen molar-refractivity contribution in [1.82, 2.24) is 0 Å². The summed E-state index contributed by atoms with van der Waals surface area (Å²) in [7, 11) is 0. The molecule has 0 amide bonds. The lowest BCUT2D eigenvalue weighted by molar-refractivity contribution is 0.854. The average molecular weight is 192 g/mol. The van der Waals surface area contributed by atoms with Gasteiger partial charge >= 0.3 is 0 Å². The van der Waals surface area contributed by atoms with Gasteiger partial charge in [0.15, 0.2) is 0 Å². The van der Waals surface area contributed by atoms with Crippen molar-refractivity contribution in [1.29, 1.82) is 0 Å². The monoisotopic (exact) mass is 192 g/mol. The van der Waals surface area contributed by atoms with Gasteiger partial charge in [0.2, 0.25) is 0 Å². The van der Waals surface area contributed by atoms with Crippen LogP contribution in [-0.2, 0) is 0 Å². The van der Waals surface area contributed by atoms with E-state index in [1.165, 1.54) is 0 Å². The Morgan fingerprint density at radius 2 is 1.86 bits per heavy atom. The molecule has 0 bridgehead atoms. The zero-order valence-electron chi connectivity index (χ0n) is 9.57. The van der Waals surface area contributed by atoms with E-state index in [0.29, 0.717) is 5.92 Å². The Hall–Kier alpha value is -1.18. The minimum atomic E-state index is 0.440. The Morgan fingerprint density at radius 3 is 2.50 bits per heavy atom. The first-order valence-electron chi connectivity index (χ1n) is 5.38. The van der Waals surface area contributed by atoms with E-state index in [1.54, 1.807) is 6.34 Å². The third-order valence-corrected chi connectivity index (χ3v) is 1.69. The first-order valence-corrected chi connectivity index (χ1v) is 5.38. The van der Waals surface area contributed by atoms with E-state index in [9.17, 15) is 0 Å². The van der Waals surface area contributed by atoms with Crippen LogP contribution in [0.2, 0.25) is 0 Å². The number of hydrogen-bond donors (Lipinski definition) is 0. The molecule has 0 aromatic rings. The van der Waals surface area contributed by atoms with Crippen molar-refractivity contribution in [2.75, 3.05) is 6.54 Å². The highest BCUT2D eigenvalue weighted by Gasteiger charge is 2.13. The number of allylic oxidation sites excluding steroid dienone is 3. The lowest BCUT2D eigenvalue weighted by Crippen LogP contribution is -2.18. The van der Waals surface area contributed by atoms with E-state index in [1.807, 2.05) is 45.9 Å². The van der Waals surface area contributed by atoms with Crippen LogP contribution in [0, 0.1) is 5.92 Å². The van der Waals surface area contributed by atoms with Gasteiger partial charge in [-0.2, -0.15) is 0 Å². The maximum absolute atomic E-state index is 4.14. The Bertz CT molecular complexity index is 247. The fourth-order valence-corrected chi connectivity index (χ4v) is 1.14. The molecule has 14 heavy (non-hydrogen) atoms. The Kier molecular flexibility index (Phi) is 7.71. The van der Waals surface area contributed by atoms with Crippen molar-refractivity contribution < 1.29 is 0 Å². The van der Waals surface area contributed by atoms with Gasteiger partial charge in [-0.25, -0.2) is 4.99 Å². The molecular weight excluding hydrogens is 172 g/mol. The third-order valence-electron chi connectivity index (χ3n) is 1.69. The first-order chi connectivity index (χ1) is 6.97. The van der Waals surface area contributed by atoms with Crippen molar-refractivity contribution in [3.63, 3.8) is 0 Å². The second-order valence-electron chi connectivity index (χ2n) is 2.39. The summed E-state index contributed by atoms with van der Waals surface area (Å²) in [6.45, 7) is 8.86. The Morgan fingerprint density at radius 1 is 1.14 bits per heavy atom. The molecule has 2 aliphatic rings. The van der Waals surface area contributed by atoms with Gasteiger partial charge in [-0.15, -0.1) is 0 Å². The van der Waals surface area contributed by atoms with Crippen LogP contribution < -0.4 is 0 Å². The molecule has 0 aromatic carbocycles. The molecule has 1 atom stereocenters. The third kappa shape index (κ3) is 3.69. The lowest BCUT2D eigenvalue weighted by atomic mass is 9.98. The van der Waals surface area contributed by atoms with Gasteiger partial charge in [0, 0.05) is 5.92 Å². The molecule has 1 heterocycles. The van der Waals surface area contributed by atoms with E-state index in [2.05, 4.69) is 16.1 Å². The molecule has 0 saturated heterocycles. The molecule has 0 fully saturated rings. The van der Waals surface area contributed by atoms with Crippen molar-refractivity contribution in [3.8, 4) is 0 Å². The van der Waals surface area contributed by atoms with E-state index in [-0.39, 0.29) is 0 Å². The molecule has 1 aliphatic carbocycles. The van der Waals surface area contributed by atoms with Gasteiger partial charge in [-0.05, 0) is 6.08 Å². The number of aliphatic imine (C=N–C) groups is 2. The van der Waals surface area contributed by atoms with Crippen LogP contribution >= 0.6 is 0 Å². The largest absolute Gasteiger partial charge is 0.272 e. The second-order valence-corrected chi connectivity index (χ2v) is 2.39. The highest BCUT2D eigenvalue weighted by atomic mass is 14.9. The van der Waals surface area contributed by atoms with Crippen molar-refractivity contribution in [3.05, 3.63) is 24.3 Å². The Labute approximate surface area is 87.2 Å². The van der Waals surface area contributed by atoms with Crippen LogP contribution in [0.3, 0.4) is 0 Å². The van der Waals surface area contributed by atoms with E-state index in [4.69, 9.17) is 0 Å². The second kappa shape index (κ2) is 8.42. The molecule has 2 nitrogen and oxygen atoms in total. The van der Waals surface area contributed by atoms with Crippen molar-refractivity contribution in [2.45, 2.75) is 27.7 Å². The van der Waals surface area contributed by atoms with Gasteiger partial charge in [-0.1, -0.05) is 45.9 Å². The van der Waals surface area contributed by atoms with Gasteiger partial charge < -0.3 is 0 Å². The maximum Gasteiger partial charge on any atom is 0.110 e. The maximum atomic E-state index is 4.14. The zero-order valence-corrected chi connectivity index (χ0v) is 9.57. The molecule has 0 radical (unpaired) electrons. The molecule has 1 unspecified atom stereocenters. The SMILES string of the molecule is C1=CC2=NC=NCC2C=C1.CC.CC. The van der Waals surface area contributed by atoms with Crippen LogP contribution in [0.4, 0.5) is 0 Å². The first kappa shape index (κ1) is 12.8. The average Bonchev–Trinajstić information content (AvgIpc) is 2.34. The number of nitrogens with zero attached hydrogens (tertiary/aromatic N) is 2. The minimum Gasteiger partial charge on any atom is -0.272 e. The highest BCUT2D eigenvalue weighted by Crippen LogP contribution is 2.11.